The fraction of sp³-hybridized carbons (Fsp3) is 0.400. The van der Waals surface area contributed by atoms with Gasteiger partial charge >= 0.3 is 24.7 Å². The Bertz CT molecular complexity index is 6040. The highest BCUT2D eigenvalue weighted by atomic mass is 19.4. The molecule has 0 radical (unpaired) electrons. The summed E-state index contributed by atoms with van der Waals surface area (Å²) in [5.41, 5.74) is 16.0. The van der Waals surface area contributed by atoms with Crippen molar-refractivity contribution in [1.82, 2.24) is 18.7 Å². The van der Waals surface area contributed by atoms with Gasteiger partial charge in [0.05, 0.1) is 48.1 Å². The van der Waals surface area contributed by atoms with Crippen molar-refractivity contribution >= 4 is 0 Å². The minimum atomic E-state index is -4.42. The monoisotopic (exact) mass is 1660 g/mol. The molecular weight excluding hydrogens is 1540 g/mol. The number of fused-ring (bicyclic) bond motifs is 12. The fourth-order valence-corrected chi connectivity index (χ4v) is 20.7. The molecule has 8 nitrogen and oxygen atoms in total. The highest BCUT2D eigenvalue weighted by molar-refractivity contribution is 5.78. The molecule has 12 aromatic rings. The first-order valence-corrected chi connectivity index (χ1v) is 40.7. The predicted molar refractivity (Wildman–Crippen MR) is 452 cm³/mol. The molecule has 0 bridgehead atoms. The Hall–Kier alpha value is -10.2. The normalized spacial score (nSPS) is 20.5. The lowest BCUT2D eigenvalue weighted by atomic mass is 9.56. The number of benzene rings is 8. The first-order chi connectivity index (χ1) is 56.7. The molecule has 0 saturated carbocycles. The molecule has 120 heavy (non-hydrogen) atoms. The van der Waals surface area contributed by atoms with Crippen molar-refractivity contribution in [1.29, 1.82) is 0 Å². The van der Waals surface area contributed by atoms with E-state index < -0.39 is 101 Å². The molecule has 16 rings (SSSR count). The first-order valence-electron chi connectivity index (χ1n) is 42.2. The number of para-hydroxylation sites is 4. The molecule has 632 valence electrons. The van der Waals surface area contributed by atoms with Gasteiger partial charge in [0.25, 0.3) is 0 Å². The van der Waals surface area contributed by atoms with Crippen molar-refractivity contribution < 1.29 is 75.5 Å². The van der Waals surface area contributed by atoms with E-state index in [0.29, 0.717) is 28.1 Å². The maximum atomic E-state index is 14.2. The molecule has 0 spiro atoms. The van der Waals surface area contributed by atoms with Crippen LogP contribution in [-0.2, 0) is 71.5 Å². The Labute approximate surface area is 702 Å². The second kappa shape index (κ2) is 29.8. The molecule has 0 amide bonds. The summed E-state index contributed by atoms with van der Waals surface area (Å²) >= 11 is 0. The molecule has 4 unspecified atom stereocenters. The third kappa shape index (κ3) is 14.2. The molecular formula is C100H112F12N8+4. The molecule has 4 aliphatic heterocycles. The minimum absolute atomic E-state index is 0.143. The summed E-state index contributed by atoms with van der Waals surface area (Å²) in [6, 6.07) is 56.1. The molecule has 0 saturated heterocycles. The van der Waals surface area contributed by atoms with Crippen LogP contribution in [0.2, 0.25) is 0 Å². The lowest BCUT2D eigenvalue weighted by Gasteiger charge is -2.49. The third-order valence-electron chi connectivity index (χ3n) is 28.3. The van der Waals surface area contributed by atoms with Gasteiger partial charge in [0.15, 0.2) is 28.2 Å². The smallest absolute Gasteiger partial charge is 0.171 e. The lowest BCUT2D eigenvalue weighted by molar-refractivity contribution is -0.745. The third-order valence-corrected chi connectivity index (χ3v) is 28.3. The van der Waals surface area contributed by atoms with Crippen LogP contribution in [0.5, 0.6) is 0 Å². The van der Waals surface area contributed by atoms with Gasteiger partial charge in [-0.25, -0.2) is 0 Å². The molecule has 4 aromatic heterocycles. The van der Waals surface area contributed by atoms with E-state index in [1.165, 1.54) is 0 Å². The van der Waals surface area contributed by atoms with Crippen LogP contribution in [0.3, 0.4) is 0 Å². The Morgan fingerprint density at radius 3 is 0.883 bits per heavy atom. The van der Waals surface area contributed by atoms with Crippen LogP contribution in [0.4, 0.5) is 52.7 Å². The van der Waals surface area contributed by atoms with Crippen LogP contribution in [0.1, 0.15) is 202 Å². The van der Waals surface area contributed by atoms with Crippen molar-refractivity contribution in [2.75, 3.05) is 0 Å². The predicted octanol–water partition coefficient (Wildman–Crippen LogP) is 24.3. The molecule has 4 aliphatic rings. The van der Waals surface area contributed by atoms with Gasteiger partial charge in [-0.2, -0.15) is 52.7 Å². The quantitative estimate of drug-likeness (QED) is 0.107. The first kappa shape index (κ1) is 83.4. The number of hydrogen-bond donors (Lipinski definition) is 0. The van der Waals surface area contributed by atoms with Crippen molar-refractivity contribution in [3.05, 3.63) is 284 Å². The number of rotatable bonds is 8. The number of aryl methyl sites for hydroxylation is 11. The number of hydrogen-bond acceptors (Lipinski definition) is 0. The van der Waals surface area contributed by atoms with Crippen molar-refractivity contribution in [2.24, 2.45) is 28.2 Å². The zero-order valence-electron chi connectivity index (χ0n) is 75.9. The van der Waals surface area contributed by atoms with E-state index in [1.807, 2.05) is 334 Å². The molecule has 4 atom stereocenters. The van der Waals surface area contributed by atoms with Gasteiger partial charge in [0.1, 0.15) is 39.8 Å². The van der Waals surface area contributed by atoms with Crippen LogP contribution in [0.25, 0.3) is 67.4 Å². The van der Waals surface area contributed by atoms with Gasteiger partial charge in [-0.05, 0) is 151 Å². The van der Waals surface area contributed by atoms with E-state index in [1.54, 1.807) is 57.8 Å². The second-order valence-corrected chi connectivity index (χ2v) is 37.0. The average Bonchev–Trinajstić information content (AvgIpc) is 1.63. The summed E-state index contributed by atoms with van der Waals surface area (Å²) in [5, 5.41) is 0. The maximum Gasteiger partial charge on any atom is 0.390 e. The van der Waals surface area contributed by atoms with Crippen LogP contribution in [0, 0.1) is 55.3 Å². The Kier molecular flexibility index (Phi) is 20.7. The van der Waals surface area contributed by atoms with E-state index >= 15 is 0 Å². The fourth-order valence-electron chi connectivity index (χ4n) is 20.7. The van der Waals surface area contributed by atoms with Gasteiger partial charge in [0.2, 0.25) is 24.3 Å². The van der Waals surface area contributed by atoms with Gasteiger partial charge < -0.3 is 0 Å². The SMILES string of the molecule is Cc1cccc(C)c1-c1c[n+](C)n2c1C(C)(CC(F)(F)F)C(C)(C)c1cccc(C)c1-2.Cc1cccc2c1-n1c(c(-c3ccccc3)c[n+]1C)C(C)(CC(F)(F)F)C2(C)C.Cc1cccc2c1-n1c(cc(-c3ccccc3)[n+]1C)C(C)(CC(F)(F)F)C2(C)C.[2H]C([2H])([2H])c1cccc(C)c1-c1c[n+](C)n2c1C(C)(CC(F)(F)F)C(C)(C)c1cccc(C)c1-2. The highest BCUT2D eigenvalue weighted by Crippen LogP contribution is 2.62. The van der Waals surface area contributed by atoms with Gasteiger partial charge in [-0.1, -0.05) is 241 Å². The van der Waals surface area contributed by atoms with Gasteiger partial charge in [0, 0.05) is 59.1 Å². The summed E-state index contributed by atoms with van der Waals surface area (Å²) in [5.74, 6) is 0. The molecule has 0 aliphatic carbocycles. The Balaban J connectivity index is 0.000000141. The van der Waals surface area contributed by atoms with E-state index in [9.17, 15) is 52.7 Å². The second-order valence-electron chi connectivity index (χ2n) is 37.0. The number of halogens is 12. The van der Waals surface area contributed by atoms with E-state index in [4.69, 9.17) is 4.11 Å². The van der Waals surface area contributed by atoms with E-state index in [2.05, 4.69) is 0 Å². The molecule has 0 N–H and O–H groups in total. The Morgan fingerprint density at radius 1 is 0.300 bits per heavy atom. The molecule has 8 aromatic carbocycles. The van der Waals surface area contributed by atoms with Crippen molar-refractivity contribution in [2.45, 2.75) is 232 Å². The molecule has 20 heteroatoms. The number of alkyl halides is 12. The van der Waals surface area contributed by atoms with Gasteiger partial charge in [-0.3, -0.25) is 0 Å². The Morgan fingerprint density at radius 2 is 0.558 bits per heavy atom. The van der Waals surface area contributed by atoms with Crippen LogP contribution < -0.4 is 18.7 Å². The topological polar surface area (TPSA) is 35.2 Å². The summed E-state index contributed by atoms with van der Waals surface area (Å²) in [6.45, 7) is 33.9. The van der Waals surface area contributed by atoms with E-state index in [-0.39, 0.29) is 5.56 Å². The average molecular weight is 1660 g/mol. The van der Waals surface area contributed by atoms with Crippen molar-refractivity contribution in [3.63, 3.8) is 0 Å². The lowest BCUT2D eigenvalue weighted by Crippen LogP contribution is -2.54. The van der Waals surface area contributed by atoms with Crippen LogP contribution in [-0.4, -0.2) is 43.4 Å². The van der Waals surface area contributed by atoms with Crippen LogP contribution >= 0.6 is 0 Å². The van der Waals surface area contributed by atoms with Gasteiger partial charge in [-0.15, -0.1) is 37.5 Å². The van der Waals surface area contributed by atoms with Crippen molar-refractivity contribution in [3.8, 4) is 67.4 Å². The maximum absolute atomic E-state index is 14.2. The zero-order chi connectivity index (χ0) is 90.7. The summed E-state index contributed by atoms with van der Waals surface area (Å²) in [7, 11) is 7.54. The summed E-state index contributed by atoms with van der Waals surface area (Å²) in [6.07, 6.45) is -15.2. The minimum Gasteiger partial charge on any atom is -0.171 e. The standard InChI is InChI=1S/2C26H30F3N2.2C24H26F3N2/c2*1-16-10-8-11-17(2)21(16)19-14-30(7)31-22-18(3)12-9-13-20(22)24(4,5)25(6,23(19)31)15-26(27,28)29;1-16-10-9-13-19-20(16)29-21(23(4,22(19,2)3)15-24(25,26)27)18(14-28(29)5)17-11-7-6-8-12-17;1-16-10-9-13-18-21(16)29-20(23(4,22(18,2)3)15-24(25,26)27)14-19(28(29)5)17-11-7-6-8-12-17/h2*8-14H,15H2,1-7H3;2*6-14H,15H2,1-5H3/q4*+1/i1D3;;;. The summed E-state index contributed by atoms with van der Waals surface area (Å²) < 4.78 is 208. The number of aromatic nitrogens is 8. The van der Waals surface area contributed by atoms with Crippen LogP contribution in [0.15, 0.2) is 195 Å². The largest absolute Gasteiger partial charge is 0.390 e. The number of nitrogens with zero attached hydrogens (tertiary/aromatic N) is 8. The molecule has 8 heterocycles. The summed E-state index contributed by atoms with van der Waals surface area (Å²) in [4.78, 5) is 0. The highest BCUT2D eigenvalue weighted by Gasteiger charge is 2.63. The van der Waals surface area contributed by atoms with E-state index in [0.717, 1.165) is 123 Å². The molecule has 0 fully saturated rings. The zero-order valence-corrected chi connectivity index (χ0v) is 72.9.